The van der Waals surface area contributed by atoms with Crippen LogP contribution in [0.5, 0.6) is 0 Å². The minimum absolute atomic E-state index is 0.0823. The van der Waals surface area contributed by atoms with Crippen LogP contribution in [0, 0.1) is 28.1 Å². The Morgan fingerprint density at radius 3 is 2.55 bits per heavy atom. The Hall–Kier alpha value is -1.37. The predicted octanol–water partition coefficient (Wildman–Crippen LogP) is 2.29. The Labute approximate surface area is 170 Å². The van der Waals surface area contributed by atoms with E-state index < -0.39 is 51.9 Å². The smallest absolute Gasteiger partial charge is 0.190 e. The fourth-order valence-corrected chi connectivity index (χ4v) is 7.87. The molecule has 4 unspecified atom stereocenters. The van der Waals surface area contributed by atoms with Gasteiger partial charge in [-0.3, -0.25) is 9.59 Å². The number of allylic oxidation sites excluding steroid dienone is 4. The van der Waals surface area contributed by atoms with Gasteiger partial charge in [-0.2, -0.15) is 0 Å². The van der Waals surface area contributed by atoms with Crippen LogP contribution in [-0.4, -0.2) is 50.9 Å². The van der Waals surface area contributed by atoms with Crippen molar-refractivity contribution in [1.82, 2.24) is 0 Å². The zero-order valence-corrected chi connectivity index (χ0v) is 17.5. The van der Waals surface area contributed by atoms with Crippen molar-refractivity contribution in [2.45, 2.75) is 70.8 Å². The van der Waals surface area contributed by atoms with Gasteiger partial charge in [0.1, 0.15) is 12.2 Å². The Morgan fingerprint density at radius 2 is 1.93 bits per heavy atom. The normalized spacial score (nSPS) is 53.7. The fraction of sp³-hybridized carbons (Fsp3) is 0.739. The lowest BCUT2D eigenvalue weighted by molar-refractivity contribution is -0.255. The third-order valence-corrected chi connectivity index (χ3v) is 9.42. The number of aliphatic hydroxyl groups excluding tert-OH is 2. The summed E-state index contributed by atoms with van der Waals surface area (Å²) in [5.74, 6) is -1.65. The van der Waals surface area contributed by atoms with E-state index in [0.717, 1.165) is 0 Å². The van der Waals surface area contributed by atoms with Crippen molar-refractivity contribution in [3.63, 3.8) is 0 Å². The molecule has 0 aromatic heterocycles. The van der Waals surface area contributed by atoms with Gasteiger partial charge in [0.15, 0.2) is 17.2 Å². The van der Waals surface area contributed by atoms with Crippen LogP contribution >= 0.6 is 0 Å². The topological polar surface area (TPSA) is 94.8 Å². The maximum Gasteiger partial charge on any atom is 0.190 e. The summed E-state index contributed by atoms with van der Waals surface area (Å²) >= 11 is 0. The number of Topliss-reactive ketones (excluding diaryl/α,β-unsaturated/α-hetero) is 1. The van der Waals surface area contributed by atoms with Crippen molar-refractivity contribution < 1.29 is 29.3 Å². The second-order valence-electron chi connectivity index (χ2n) is 10.4. The van der Waals surface area contributed by atoms with Crippen molar-refractivity contribution in [2.24, 2.45) is 28.1 Å². The summed E-state index contributed by atoms with van der Waals surface area (Å²) in [6, 6.07) is 0. The second kappa shape index (κ2) is 5.86. The van der Waals surface area contributed by atoms with E-state index in [9.17, 15) is 24.9 Å². The number of rotatable bonds is 2. The molecule has 0 heterocycles. The number of fused-ring (bicyclic) bond motifs is 5. The van der Waals surface area contributed by atoms with Crippen LogP contribution in [0.25, 0.3) is 0 Å². The summed E-state index contributed by atoms with van der Waals surface area (Å²) < 4.78 is 17.2. The number of halogens is 1. The zero-order chi connectivity index (χ0) is 21.6. The van der Waals surface area contributed by atoms with E-state index in [0.29, 0.717) is 24.8 Å². The first kappa shape index (κ1) is 20.9. The van der Waals surface area contributed by atoms with Gasteiger partial charge in [-0.05, 0) is 56.6 Å². The highest BCUT2D eigenvalue weighted by atomic mass is 19.1. The van der Waals surface area contributed by atoms with Gasteiger partial charge in [0.05, 0.1) is 6.10 Å². The Kier molecular flexibility index (Phi) is 4.22. The van der Waals surface area contributed by atoms with Crippen LogP contribution in [0.15, 0.2) is 23.8 Å². The maximum absolute atomic E-state index is 17.2. The van der Waals surface area contributed by atoms with Gasteiger partial charge in [-0.1, -0.05) is 32.4 Å². The molecule has 0 radical (unpaired) electrons. The molecule has 4 aliphatic carbocycles. The third-order valence-electron chi connectivity index (χ3n) is 9.42. The lowest BCUT2D eigenvalue weighted by atomic mass is 9.39. The molecule has 4 aliphatic rings. The molecule has 0 bridgehead atoms. The lowest BCUT2D eigenvalue weighted by Crippen LogP contribution is -2.73. The molecule has 0 amide bonds. The van der Waals surface area contributed by atoms with E-state index in [2.05, 4.69) is 0 Å². The first-order chi connectivity index (χ1) is 13.3. The zero-order valence-electron chi connectivity index (χ0n) is 17.5. The highest BCUT2D eigenvalue weighted by Crippen LogP contribution is 2.75. The molecule has 5 nitrogen and oxygen atoms in total. The van der Waals surface area contributed by atoms with E-state index in [1.165, 1.54) is 12.2 Å². The summed E-state index contributed by atoms with van der Waals surface area (Å²) in [5.41, 5.74) is -6.35. The molecule has 160 valence electrons. The number of carbonyl (C=O) groups excluding carboxylic acids is 2. The molecule has 3 saturated carbocycles. The summed E-state index contributed by atoms with van der Waals surface area (Å²) in [4.78, 5) is 24.6. The first-order valence-electron chi connectivity index (χ1n) is 10.5. The first-order valence-corrected chi connectivity index (χ1v) is 10.5. The lowest BCUT2D eigenvalue weighted by Gasteiger charge is -2.67. The van der Waals surface area contributed by atoms with Crippen molar-refractivity contribution in [1.29, 1.82) is 0 Å². The predicted molar refractivity (Wildman–Crippen MR) is 105 cm³/mol. The molecule has 3 N–H and O–H groups in total. The van der Waals surface area contributed by atoms with Gasteiger partial charge in [-0.25, -0.2) is 4.39 Å². The second-order valence-corrected chi connectivity index (χ2v) is 10.4. The Morgan fingerprint density at radius 1 is 1.28 bits per heavy atom. The van der Waals surface area contributed by atoms with Gasteiger partial charge in [0, 0.05) is 16.2 Å². The molecule has 4 rings (SSSR count). The SMILES string of the molecule is C[C@@H]1C[C@H]2C3(C)CCC4=CC(=O)C=CC4(C)[C@@]3(F)C(O)CC2(C)[C@@]1(O)C(=O)CO. The van der Waals surface area contributed by atoms with Crippen molar-refractivity contribution in [3.05, 3.63) is 23.8 Å². The number of carbonyl (C=O) groups is 2. The molecule has 3 fully saturated rings. The van der Waals surface area contributed by atoms with Crippen molar-refractivity contribution >= 4 is 11.6 Å². The van der Waals surface area contributed by atoms with Crippen LogP contribution in [0.4, 0.5) is 4.39 Å². The molecule has 0 aromatic rings. The monoisotopic (exact) mass is 406 g/mol. The van der Waals surface area contributed by atoms with Gasteiger partial charge in [0.2, 0.25) is 0 Å². The highest BCUT2D eigenvalue weighted by Gasteiger charge is 2.79. The molecule has 6 heteroatoms. The largest absolute Gasteiger partial charge is 0.390 e. The molecular weight excluding hydrogens is 375 g/mol. The van der Waals surface area contributed by atoms with Crippen LogP contribution in [0.3, 0.4) is 0 Å². The molecular formula is C23H31FO5. The van der Waals surface area contributed by atoms with Crippen molar-refractivity contribution in [2.75, 3.05) is 6.61 Å². The number of alkyl halides is 1. The summed E-state index contributed by atoms with van der Waals surface area (Å²) in [5, 5.41) is 32.3. The fourth-order valence-electron chi connectivity index (χ4n) is 7.87. The molecule has 0 aliphatic heterocycles. The number of ketones is 2. The number of hydrogen-bond acceptors (Lipinski definition) is 5. The van der Waals surface area contributed by atoms with Gasteiger partial charge >= 0.3 is 0 Å². The summed E-state index contributed by atoms with van der Waals surface area (Å²) in [6.45, 7) is 6.31. The average Bonchev–Trinajstić information content (AvgIpc) is 2.87. The number of hydrogen-bond donors (Lipinski definition) is 3. The van der Waals surface area contributed by atoms with E-state index in [4.69, 9.17) is 0 Å². The van der Waals surface area contributed by atoms with Crippen LogP contribution < -0.4 is 0 Å². The summed E-state index contributed by atoms with van der Waals surface area (Å²) in [7, 11) is 0. The van der Waals surface area contributed by atoms with E-state index >= 15 is 4.39 Å². The molecule has 0 aromatic carbocycles. The standard InChI is InChI=1S/C23H31FO5/c1-13-9-16-20(3)7-5-14-10-15(26)6-8-19(14,2)23(20,24)17(27)11-21(16,4)22(13,29)18(28)12-25/h6,8,10,13,16-17,25,27,29H,5,7,9,11-12H2,1-4H3/t13-,16+,17?,19?,20?,21?,22+,23+/m1/s1. The van der Waals surface area contributed by atoms with Crippen LogP contribution in [0.2, 0.25) is 0 Å². The Bertz CT molecular complexity index is 850. The maximum atomic E-state index is 17.2. The minimum Gasteiger partial charge on any atom is -0.390 e. The van der Waals surface area contributed by atoms with Crippen molar-refractivity contribution in [3.8, 4) is 0 Å². The van der Waals surface area contributed by atoms with Crippen LogP contribution in [0.1, 0.15) is 53.4 Å². The van der Waals surface area contributed by atoms with E-state index in [1.807, 2.05) is 6.92 Å². The Balaban J connectivity index is 1.90. The number of aliphatic hydroxyl groups is 3. The third kappa shape index (κ3) is 2.06. The average molecular weight is 406 g/mol. The van der Waals surface area contributed by atoms with E-state index in [-0.39, 0.29) is 18.1 Å². The van der Waals surface area contributed by atoms with Crippen LogP contribution in [-0.2, 0) is 9.59 Å². The molecule has 0 saturated heterocycles. The molecule has 0 spiro atoms. The molecule has 8 atom stereocenters. The van der Waals surface area contributed by atoms with E-state index in [1.54, 1.807) is 26.8 Å². The minimum atomic E-state index is -2.04. The highest BCUT2D eigenvalue weighted by molar-refractivity contribution is 6.01. The van der Waals surface area contributed by atoms with Gasteiger partial charge < -0.3 is 15.3 Å². The quantitative estimate of drug-likeness (QED) is 0.654. The van der Waals surface area contributed by atoms with Gasteiger partial charge in [-0.15, -0.1) is 0 Å². The van der Waals surface area contributed by atoms with Gasteiger partial charge in [0.25, 0.3) is 0 Å². The summed E-state index contributed by atoms with van der Waals surface area (Å²) in [6.07, 6.45) is 4.33. The molecule has 29 heavy (non-hydrogen) atoms.